The van der Waals surface area contributed by atoms with Crippen LogP contribution in [0, 0.1) is 12.0 Å². The van der Waals surface area contributed by atoms with Crippen molar-refractivity contribution in [1.29, 1.82) is 5.41 Å². The lowest BCUT2D eigenvalue weighted by Gasteiger charge is -2.15. The van der Waals surface area contributed by atoms with Crippen molar-refractivity contribution in [1.82, 2.24) is 9.88 Å². The summed E-state index contributed by atoms with van der Waals surface area (Å²) in [6.45, 7) is 17.3. The maximum Gasteiger partial charge on any atom is 0.341 e. The predicted molar refractivity (Wildman–Crippen MR) is 148 cm³/mol. The van der Waals surface area contributed by atoms with Crippen molar-refractivity contribution in [3.63, 3.8) is 0 Å². The number of carbonyl (C=O) groups is 2. The summed E-state index contributed by atoms with van der Waals surface area (Å²) in [5, 5.41) is 11.7. The SMILES string of the molecule is CCCCn1c2c(cc(C(=O)OCC)c1=N)CCC2.[C-]#[N+]/C(=C/C1=C(NCCCC)CCC1)C(=O)OCC. The van der Waals surface area contributed by atoms with E-state index >= 15 is 0 Å². The Hall–Kier alpha value is -3.34. The van der Waals surface area contributed by atoms with Crippen LogP contribution in [0.4, 0.5) is 0 Å². The predicted octanol–water partition coefficient (Wildman–Crippen LogP) is 5.61. The fourth-order valence-corrected chi connectivity index (χ4v) is 4.72. The largest absolute Gasteiger partial charge is 0.471 e. The van der Waals surface area contributed by atoms with Gasteiger partial charge in [-0.3, -0.25) is 10.2 Å². The van der Waals surface area contributed by atoms with Gasteiger partial charge >= 0.3 is 11.9 Å². The molecule has 1 aromatic rings. The van der Waals surface area contributed by atoms with E-state index in [1.807, 2.05) is 10.6 Å². The fraction of sp³-hybridized carbons (Fsp3) is 0.600. The Bertz CT molecular complexity index is 1120. The smallest absolute Gasteiger partial charge is 0.341 e. The van der Waals surface area contributed by atoms with Crippen LogP contribution in [0.15, 0.2) is 29.1 Å². The normalized spacial score (nSPS) is 14.3. The minimum Gasteiger partial charge on any atom is -0.471 e. The Morgan fingerprint density at radius 2 is 1.76 bits per heavy atom. The first-order valence-corrected chi connectivity index (χ1v) is 14.1. The quantitative estimate of drug-likeness (QED) is 0.160. The summed E-state index contributed by atoms with van der Waals surface area (Å²) in [5.41, 5.74) is 5.52. The fourth-order valence-electron chi connectivity index (χ4n) is 4.72. The second-order valence-corrected chi connectivity index (χ2v) is 9.46. The first kappa shape index (κ1) is 30.9. The van der Waals surface area contributed by atoms with Gasteiger partial charge in [0.2, 0.25) is 0 Å². The zero-order valence-electron chi connectivity index (χ0n) is 23.6. The summed E-state index contributed by atoms with van der Waals surface area (Å²) in [6, 6.07) is 1.87. The van der Waals surface area contributed by atoms with Gasteiger partial charge in [0.25, 0.3) is 5.70 Å². The molecule has 0 aromatic carbocycles. The van der Waals surface area contributed by atoms with Gasteiger partial charge in [0.05, 0.1) is 19.8 Å². The number of fused-ring (bicyclic) bond motifs is 1. The molecule has 0 saturated heterocycles. The number of hydrogen-bond acceptors (Lipinski definition) is 6. The first-order chi connectivity index (χ1) is 18.4. The highest BCUT2D eigenvalue weighted by Crippen LogP contribution is 2.26. The van der Waals surface area contributed by atoms with Gasteiger partial charge in [0, 0.05) is 24.5 Å². The van der Waals surface area contributed by atoms with Crippen LogP contribution >= 0.6 is 0 Å². The Kier molecular flexibility index (Phi) is 13.4. The van der Waals surface area contributed by atoms with Gasteiger partial charge in [-0.1, -0.05) is 26.7 Å². The zero-order valence-corrected chi connectivity index (χ0v) is 23.6. The van der Waals surface area contributed by atoms with E-state index in [2.05, 4.69) is 24.0 Å². The average molecular weight is 525 g/mol. The number of unbranched alkanes of at least 4 members (excludes halogenated alkanes) is 2. The van der Waals surface area contributed by atoms with Crippen LogP contribution in [-0.4, -0.2) is 36.3 Å². The Morgan fingerprint density at radius 1 is 1.05 bits per heavy atom. The summed E-state index contributed by atoms with van der Waals surface area (Å²) in [5.74, 6) is -0.891. The van der Waals surface area contributed by atoms with Gasteiger partial charge in [0.1, 0.15) is 11.1 Å². The second kappa shape index (κ2) is 16.5. The van der Waals surface area contributed by atoms with Crippen LogP contribution in [0.5, 0.6) is 0 Å². The maximum absolute atomic E-state index is 11.9. The number of aromatic nitrogens is 1. The standard InChI is InChI=1S/2C15H22N2O2/c1-3-5-9-17-13-8-6-7-11(13)10-12(14(17)16)15(18)19-4-2;1-4-6-10-17-13-9-7-8-12(13)11-14(16-3)15(18)19-5-2/h10,16H,3-9H2,1-2H3;11,17H,4-10H2,1-2H3/b;14-11+. The van der Waals surface area contributed by atoms with E-state index in [4.69, 9.17) is 21.5 Å². The summed E-state index contributed by atoms with van der Waals surface area (Å²) < 4.78 is 11.9. The van der Waals surface area contributed by atoms with Crippen LogP contribution in [0.2, 0.25) is 0 Å². The van der Waals surface area contributed by atoms with Crippen molar-refractivity contribution >= 4 is 11.9 Å². The average Bonchev–Trinajstić information content (AvgIpc) is 3.56. The molecule has 0 unspecified atom stereocenters. The van der Waals surface area contributed by atoms with Gasteiger partial charge in [-0.05, 0) is 88.5 Å². The molecule has 2 N–H and O–H groups in total. The van der Waals surface area contributed by atoms with Gasteiger partial charge in [-0.15, -0.1) is 0 Å². The van der Waals surface area contributed by atoms with E-state index in [-0.39, 0.29) is 11.7 Å². The van der Waals surface area contributed by atoms with Crippen molar-refractivity contribution in [2.24, 2.45) is 0 Å². The lowest BCUT2D eigenvalue weighted by Crippen LogP contribution is -2.30. The number of pyridine rings is 1. The molecule has 0 spiro atoms. The topological polar surface area (TPSA) is 97.8 Å². The Labute approximate surface area is 227 Å². The van der Waals surface area contributed by atoms with Crippen LogP contribution in [-0.2, 0) is 33.7 Å². The van der Waals surface area contributed by atoms with Crippen molar-refractivity contribution in [3.05, 3.63) is 62.8 Å². The van der Waals surface area contributed by atoms with Crippen LogP contribution in [0.3, 0.4) is 0 Å². The molecule has 0 saturated carbocycles. The molecule has 2 aliphatic rings. The van der Waals surface area contributed by atoms with Crippen molar-refractivity contribution < 1.29 is 19.1 Å². The zero-order chi connectivity index (χ0) is 27.9. The Balaban J connectivity index is 0.000000267. The number of rotatable bonds is 12. The summed E-state index contributed by atoms with van der Waals surface area (Å²) in [7, 11) is 0. The molecule has 2 aliphatic carbocycles. The van der Waals surface area contributed by atoms with E-state index in [1.165, 1.54) is 17.0 Å². The van der Waals surface area contributed by atoms with E-state index in [0.29, 0.717) is 24.3 Å². The number of hydrogen-bond donors (Lipinski definition) is 2. The third kappa shape index (κ3) is 8.61. The molecule has 8 heteroatoms. The monoisotopic (exact) mass is 524 g/mol. The molecule has 0 aliphatic heterocycles. The number of esters is 2. The lowest BCUT2D eigenvalue weighted by molar-refractivity contribution is -0.138. The van der Waals surface area contributed by atoms with E-state index in [9.17, 15) is 9.59 Å². The number of nitrogens with one attached hydrogen (secondary N) is 2. The minimum atomic E-state index is -0.523. The van der Waals surface area contributed by atoms with E-state index in [0.717, 1.165) is 82.9 Å². The van der Waals surface area contributed by atoms with Crippen LogP contribution < -0.4 is 10.8 Å². The molecule has 38 heavy (non-hydrogen) atoms. The van der Waals surface area contributed by atoms with Gasteiger partial charge in [0.15, 0.2) is 0 Å². The van der Waals surface area contributed by atoms with Crippen molar-refractivity contribution in [2.75, 3.05) is 19.8 Å². The maximum atomic E-state index is 11.9. The molecular formula is C30H44N4O4. The Morgan fingerprint density at radius 3 is 2.42 bits per heavy atom. The number of carbonyl (C=O) groups excluding carboxylic acids is 2. The molecule has 0 amide bonds. The number of aryl methyl sites for hydroxylation is 1. The minimum absolute atomic E-state index is 0.0774. The molecule has 0 bridgehead atoms. The van der Waals surface area contributed by atoms with Gasteiger partial charge in [-0.25, -0.2) is 9.64 Å². The third-order valence-corrected chi connectivity index (χ3v) is 6.68. The lowest BCUT2D eigenvalue weighted by atomic mass is 10.1. The molecule has 0 atom stereocenters. The van der Waals surface area contributed by atoms with E-state index in [1.54, 1.807) is 19.9 Å². The number of allylic oxidation sites excluding steroid dienone is 3. The van der Waals surface area contributed by atoms with Crippen molar-refractivity contribution in [2.45, 2.75) is 98.4 Å². The summed E-state index contributed by atoms with van der Waals surface area (Å²) >= 11 is 0. The number of nitrogens with zero attached hydrogens (tertiary/aromatic N) is 2. The molecule has 1 heterocycles. The summed E-state index contributed by atoms with van der Waals surface area (Å²) in [6.07, 6.45) is 12.3. The van der Waals surface area contributed by atoms with Crippen LogP contribution in [0.1, 0.15) is 101 Å². The second-order valence-electron chi connectivity index (χ2n) is 9.46. The molecule has 8 nitrogen and oxygen atoms in total. The highest BCUT2D eigenvalue weighted by Gasteiger charge is 2.21. The van der Waals surface area contributed by atoms with Gasteiger partial charge < -0.3 is 19.4 Å². The third-order valence-electron chi connectivity index (χ3n) is 6.68. The van der Waals surface area contributed by atoms with Crippen molar-refractivity contribution in [3.8, 4) is 0 Å². The van der Waals surface area contributed by atoms with Gasteiger partial charge in [-0.2, -0.15) is 0 Å². The van der Waals surface area contributed by atoms with Crippen LogP contribution in [0.25, 0.3) is 4.85 Å². The highest BCUT2D eigenvalue weighted by molar-refractivity contribution is 5.91. The molecule has 3 rings (SSSR count). The molecular weight excluding hydrogens is 480 g/mol. The first-order valence-electron chi connectivity index (χ1n) is 14.1. The molecule has 0 radical (unpaired) electrons. The highest BCUT2D eigenvalue weighted by atomic mass is 16.5. The molecule has 0 fully saturated rings. The number of ether oxygens (including phenoxy) is 2. The molecule has 1 aromatic heterocycles. The molecule has 208 valence electrons. The van der Waals surface area contributed by atoms with E-state index < -0.39 is 5.97 Å². The summed E-state index contributed by atoms with van der Waals surface area (Å²) in [4.78, 5) is 26.8.